The fraction of sp³-hybridized carbons (Fsp3) is 0.294. The Bertz CT molecular complexity index is 1040. The van der Waals surface area contributed by atoms with Gasteiger partial charge in [-0.15, -0.1) is 0 Å². The number of benzene rings is 2. The summed E-state index contributed by atoms with van der Waals surface area (Å²) in [6.07, 6.45) is 1.64. The van der Waals surface area contributed by atoms with Crippen LogP contribution in [0.2, 0.25) is 0 Å². The molecule has 3 rings (SSSR count). The molecule has 2 aromatic carbocycles. The standard InChI is InChI=1S/C17H20N2O4S2/c1-12-5-4-6-16(13(12)2)18-25(22,23)15-7-8-17-14(11-15)9-10-19(17)24(3,20)21/h4-8,11,18H,9-10H2,1-3H3. The maximum absolute atomic E-state index is 12.7. The van der Waals surface area contributed by atoms with Crippen LogP contribution in [0.25, 0.3) is 0 Å². The topological polar surface area (TPSA) is 83.6 Å². The highest BCUT2D eigenvalue weighted by molar-refractivity contribution is 7.92. The first-order valence-electron chi connectivity index (χ1n) is 7.79. The van der Waals surface area contributed by atoms with Crippen molar-refractivity contribution in [1.82, 2.24) is 0 Å². The van der Waals surface area contributed by atoms with Gasteiger partial charge in [-0.3, -0.25) is 9.03 Å². The maximum Gasteiger partial charge on any atom is 0.261 e. The molecule has 0 radical (unpaired) electrons. The van der Waals surface area contributed by atoms with Crippen LogP contribution in [-0.2, 0) is 26.5 Å². The Morgan fingerprint density at radius 3 is 2.44 bits per heavy atom. The average molecular weight is 380 g/mol. The summed E-state index contributed by atoms with van der Waals surface area (Å²) in [5.41, 5.74) is 3.68. The number of hydrogen-bond donors (Lipinski definition) is 1. The summed E-state index contributed by atoms with van der Waals surface area (Å²) in [5.74, 6) is 0. The summed E-state index contributed by atoms with van der Waals surface area (Å²) >= 11 is 0. The van der Waals surface area contributed by atoms with Crippen LogP contribution < -0.4 is 9.03 Å². The number of anilines is 2. The van der Waals surface area contributed by atoms with E-state index in [-0.39, 0.29) is 4.90 Å². The molecule has 2 aromatic rings. The van der Waals surface area contributed by atoms with Crippen LogP contribution in [0.3, 0.4) is 0 Å². The molecule has 0 spiro atoms. The number of nitrogens with zero attached hydrogens (tertiary/aromatic N) is 1. The summed E-state index contributed by atoms with van der Waals surface area (Å²) < 4.78 is 52.9. The van der Waals surface area contributed by atoms with E-state index < -0.39 is 20.0 Å². The molecule has 1 aliphatic heterocycles. The van der Waals surface area contributed by atoms with Crippen molar-refractivity contribution in [2.75, 3.05) is 21.8 Å². The fourth-order valence-corrected chi connectivity index (χ4v) is 5.06. The summed E-state index contributed by atoms with van der Waals surface area (Å²) in [5, 5.41) is 0. The lowest BCUT2D eigenvalue weighted by molar-refractivity contribution is 0.597. The quantitative estimate of drug-likeness (QED) is 0.883. The number of sulfonamides is 2. The Morgan fingerprint density at radius 1 is 1.04 bits per heavy atom. The second-order valence-corrected chi connectivity index (χ2v) is 9.82. The van der Waals surface area contributed by atoms with Gasteiger partial charge in [0.15, 0.2) is 0 Å². The maximum atomic E-state index is 12.7. The van der Waals surface area contributed by atoms with Crippen molar-refractivity contribution in [2.24, 2.45) is 0 Å². The Labute approximate surface area is 148 Å². The lowest BCUT2D eigenvalue weighted by atomic mass is 10.1. The number of rotatable bonds is 4. The molecular weight excluding hydrogens is 360 g/mol. The molecule has 0 atom stereocenters. The van der Waals surface area contributed by atoms with Gasteiger partial charge in [-0.05, 0) is 61.2 Å². The smallest absolute Gasteiger partial charge is 0.261 e. The van der Waals surface area contributed by atoms with Gasteiger partial charge in [-0.1, -0.05) is 12.1 Å². The highest BCUT2D eigenvalue weighted by Crippen LogP contribution is 2.32. The monoisotopic (exact) mass is 380 g/mol. The second kappa shape index (κ2) is 6.03. The molecule has 25 heavy (non-hydrogen) atoms. The van der Waals surface area contributed by atoms with Crippen molar-refractivity contribution < 1.29 is 16.8 Å². The summed E-state index contributed by atoms with van der Waals surface area (Å²) in [7, 11) is -7.10. The third-order valence-electron chi connectivity index (χ3n) is 4.46. The molecule has 8 heteroatoms. The minimum absolute atomic E-state index is 0.127. The van der Waals surface area contributed by atoms with Crippen molar-refractivity contribution >= 4 is 31.4 Å². The van der Waals surface area contributed by atoms with Crippen molar-refractivity contribution in [2.45, 2.75) is 25.2 Å². The van der Waals surface area contributed by atoms with E-state index in [1.807, 2.05) is 19.9 Å². The van der Waals surface area contributed by atoms with Crippen LogP contribution in [0.5, 0.6) is 0 Å². The van der Waals surface area contributed by atoms with E-state index in [9.17, 15) is 16.8 Å². The zero-order chi connectivity index (χ0) is 18.4. The Balaban J connectivity index is 1.96. The third-order valence-corrected chi connectivity index (χ3v) is 7.01. The normalized spacial score (nSPS) is 14.4. The zero-order valence-corrected chi connectivity index (χ0v) is 15.9. The molecule has 0 bridgehead atoms. The van der Waals surface area contributed by atoms with Crippen molar-refractivity contribution in [3.05, 3.63) is 53.1 Å². The molecule has 0 saturated heterocycles. The van der Waals surface area contributed by atoms with Crippen LogP contribution in [0, 0.1) is 13.8 Å². The molecule has 1 N–H and O–H groups in total. The van der Waals surface area contributed by atoms with Gasteiger partial charge in [0.2, 0.25) is 10.0 Å². The first kappa shape index (κ1) is 17.8. The van der Waals surface area contributed by atoms with E-state index in [1.165, 1.54) is 10.4 Å². The zero-order valence-electron chi connectivity index (χ0n) is 14.3. The van der Waals surface area contributed by atoms with Gasteiger partial charge >= 0.3 is 0 Å². The van der Waals surface area contributed by atoms with Gasteiger partial charge in [-0.25, -0.2) is 16.8 Å². The van der Waals surface area contributed by atoms with Crippen molar-refractivity contribution in [1.29, 1.82) is 0 Å². The second-order valence-electron chi connectivity index (χ2n) is 6.23. The van der Waals surface area contributed by atoms with Crippen LogP contribution in [0.4, 0.5) is 11.4 Å². The molecule has 6 nitrogen and oxygen atoms in total. The Hall–Kier alpha value is -2.06. The Morgan fingerprint density at radius 2 is 1.76 bits per heavy atom. The van der Waals surface area contributed by atoms with E-state index in [2.05, 4.69) is 4.72 Å². The number of fused-ring (bicyclic) bond motifs is 1. The predicted molar refractivity (Wildman–Crippen MR) is 99.1 cm³/mol. The van der Waals surface area contributed by atoms with E-state index in [0.717, 1.165) is 17.4 Å². The lowest BCUT2D eigenvalue weighted by Gasteiger charge is -2.17. The minimum Gasteiger partial charge on any atom is -0.279 e. The van der Waals surface area contributed by atoms with Crippen molar-refractivity contribution in [3.63, 3.8) is 0 Å². The molecular formula is C17H20N2O4S2. The van der Waals surface area contributed by atoms with Crippen LogP contribution >= 0.6 is 0 Å². The van der Waals surface area contributed by atoms with Crippen LogP contribution in [0.1, 0.15) is 16.7 Å². The molecule has 0 aromatic heterocycles. The van der Waals surface area contributed by atoms with Crippen LogP contribution in [-0.4, -0.2) is 29.6 Å². The Kier molecular flexibility index (Phi) is 4.28. The van der Waals surface area contributed by atoms with Crippen LogP contribution in [0.15, 0.2) is 41.3 Å². The number of nitrogens with one attached hydrogen (secondary N) is 1. The average Bonchev–Trinajstić information content (AvgIpc) is 2.95. The summed E-state index contributed by atoms with van der Waals surface area (Å²) in [6.45, 7) is 4.12. The number of hydrogen-bond acceptors (Lipinski definition) is 4. The lowest BCUT2D eigenvalue weighted by Crippen LogP contribution is -2.27. The molecule has 0 amide bonds. The first-order chi connectivity index (χ1) is 11.6. The van der Waals surface area contributed by atoms with Gasteiger partial charge in [-0.2, -0.15) is 0 Å². The van der Waals surface area contributed by atoms with Crippen molar-refractivity contribution in [3.8, 4) is 0 Å². The molecule has 0 unspecified atom stereocenters. The predicted octanol–water partition coefficient (Wildman–Crippen LogP) is 2.43. The van der Waals surface area contributed by atoms with E-state index in [0.29, 0.717) is 29.9 Å². The summed E-state index contributed by atoms with van der Waals surface area (Å²) in [6, 6.07) is 9.98. The van der Waals surface area contributed by atoms with E-state index in [4.69, 9.17) is 0 Å². The third kappa shape index (κ3) is 3.36. The minimum atomic E-state index is -3.75. The molecule has 1 aliphatic rings. The molecule has 1 heterocycles. The molecule has 0 saturated carbocycles. The van der Waals surface area contributed by atoms with Gasteiger partial charge in [0.25, 0.3) is 10.0 Å². The van der Waals surface area contributed by atoms with Gasteiger partial charge in [0.05, 0.1) is 22.5 Å². The van der Waals surface area contributed by atoms with E-state index in [1.54, 1.807) is 24.3 Å². The number of aryl methyl sites for hydroxylation is 1. The highest BCUT2D eigenvalue weighted by atomic mass is 32.2. The fourth-order valence-electron chi connectivity index (χ4n) is 2.92. The SMILES string of the molecule is Cc1cccc(NS(=O)(=O)c2ccc3c(c2)CCN3S(C)(=O)=O)c1C. The first-order valence-corrected chi connectivity index (χ1v) is 11.1. The molecule has 0 aliphatic carbocycles. The summed E-state index contributed by atoms with van der Waals surface area (Å²) in [4.78, 5) is 0.127. The van der Waals surface area contributed by atoms with Gasteiger partial charge < -0.3 is 0 Å². The van der Waals surface area contributed by atoms with Gasteiger partial charge in [0, 0.05) is 6.54 Å². The van der Waals surface area contributed by atoms with E-state index >= 15 is 0 Å². The molecule has 0 fully saturated rings. The largest absolute Gasteiger partial charge is 0.279 e. The van der Waals surface area contributed by atoms with Gasteiger partial charge in [0.1, 0.15) is 0 Å². The molecule has 134 valence electrons. The highest BCUT2D eigenvalue weighted by Gasteiger charge is 2.28.